The van der Waals surface area contributed by atoms with Crippen molar-refractivity contribution in [3.63, 3.8) is 0 Å². The van der Waals surface area contributed by atoms with E-state index >= 15 is 0 Å². The summed E-state index contributed by atoms with van der Waals surface area (Å²) in [5.41, 5.74) is 2.11. The van der Waals surface area contributed by atoms with Crippen LogP contribution in [0.1, 0.15) is 49.2 Å². The number of hydrogen-bond acceptors (Lipinski definition) is 4. The molecule has 1 aromatic carbocycles. The van der Waals surface area contributed by atoms with Gasteiger partial charge in [-0.3, -0.25) is 4.57 Å². The molecule has 0 aliphatic heterocycles. The van der Waals surface area contributed by atoms with Crippen molar-refractivity contribution in [2.75, 3.05) is 0 Å². The third kappa shape index (κ3) is 3.78. The first-order chi connectivity index (χ1) is 13.4. The van der Waals surface area contributed by atoms with E-state index in [2.05, 4.69) is 34.7 Å². The van der Waals surface area contributed by atoms with Gasteiger partial charge in [-0.05, 0) is 37.0 Å². The SMILES string of the molecule is Cc1cc2c(o1)CC(C)(C)CC2NC(=O)NCc1nncn1-c1ccccc1. The van der Waals surface area contributed by atoms with E-state index in [1.165, 1.54) is 0 Å². The van der Waals surface area contributed by atoms with Gasteiger partial charge in [-0.25, -0.2) is 4.79 Å². The monoisotopic (exact) mass is 379 g/mol. The molecular weight excluding hydrogens is 354 g/mol. The molecule has 1 atom stereocenters. The molecule has 7 heteroatoms. The Morgan fingerprint density at radius 1 is 1.32 bits per heavy atom. The van der Waals surface area contributed by atoms with Gasteiger partial charge in [-0.2, -0.15) is 0 Å². The Morgan fingerprint density at radius 2 is 2.11 bits per heavy atom. The van der Waals surface area contributed by atoms with Crippen LogP contribution in [0.15, 0.2) is 47.1 Å². The highest BCUT2D eigenvalue weighted by molar-refractivity contribution is 5.74. The molecule has 28 heavy (non-hydrogen) atoms. The summed E-state index contributed by atoms with van der Waals surface area (Å²) in [5, 5.41) is 14.1. The molecule has 1 aliphatic rings. The van der Waals surface area contributed by atoms with Crippen molar-refractivity contribution in [2.45, 2.75) is 46.2 Å². The number of amides is 2. The van der Waals surface area contributed by atoms with Crippen molar-refractivity contribution in [3.8, 4) is 5.69 Å². The summed E-state index contributed by atoms with van der Waals surface area (Å²) in [7, 11) is 0. The van der Waals surface area contributed by atoms with Crippen LogP contribution in [0.5, 0.6) is 0 Å². The Balaban J connectivity index is 1.43. The molecule has 146 valence electrons. The van der Waals surface area contributed by atoms with Gasteiger partial charge in [0.15, 0.2) is 5.82 Å². The Hall–Kier alpha value is -3.09. The maximum atomic E-state index is 12.6. The normalized spacial score (nSPS) is 17.8. The van der Waals surface area contributed by atoms with Crippen molar-refractivity contribution in [3.05, 3.63) is 65.6 Å². The number of aromatic nitrogens is 3. The molecule has 2 amide bonds. The quantitative estimate of drug-likeness (QED) is 0.724. The fourth-order valence-electron chi connectivity index (χ4n) is 3.87. The van der Waals surface area contributed by atoms with Crippen LogP contribution < -0.4 is 10.6 Å². The number of carbonyl (C=O) groups is 1. The molecule has 0 saturated carbocycles. The van der Waals surface area contributed by atoms with Gasteiger partial charge in [0.05, 0.1) is 12.6 Å². The lowest BCUT2D eigenvalue weighted by Crippen LogP contribution is -2.41. The molecule has 7 nitrogen and oxygen atoms in total. The van der Waals surface area contributed by atoms with Crippen molar-refractivity contribution >= 4 is 6.03 Å². The molecule has 2 aromatic heterocycles. The molecule has 0 fully saturated rings. The summed E-state index contributed by atoms with van der Waals surface area (Å²) in [6.07, 6.45) is 3.40. The highest BCUT2D eigenvalue weighted by Gasteiger charge is 2.35. The molecule has 1 unspecified atom stereocenters. The second kappa shape index (κ2) is 7.14. The average molecular weight is 379 g/mol. The highest BCUT2D eigenvalue weighted by Crippen LogP contribution is 2.41. The van der Waals surface area contributed by atoms with E-state index in [1.807, 2.05) is 47.9 Å². The predicted molar refractivity (Wildman–Crippen MR) is 105 cm³/mol. The van der Waals surface area contributed by atoms with Crippen molar-refractivity contribution in [1.82, 2.24) is 25.4 Å². The molecule has 2 heterocycles. The van der Waals surface area contributed by atoms with E-state index in [0.29, 0.717) is 5.82 Å². The summed E-state index contributed by atoms with van der Waals surface area (Å²) >= 11 is 0. The highest BCUT2D eigenvalue weighted by atomic mass is 16.3. The van der Waals surface area contributed by atoms with Gasteiger partial charge < -0.3 is 15.1 Å². The number of urea groups is 1. The molecule has 0 saturated heterocycles. The second-order valence-electron chi connectivity index (χ2n) is 8.11. The number of nitrogens with one attached hydrogen (secondary N) is 2. The smallest absolute Gasteiger partial charge is 0.315 e. The predicted octanol–water partition coefficient (Wildman–Crippen LogP) is 3.68. The Morgan fingerprint density at radius 3 is 2.89 bits per heavy atom. The number of benzene rings is 1. The molecule has 1 aliphatic carbocycles. The number of rotatable bonds is 4. The Bertz CT molecular complexity index is 974. The van der Waals surface area contributed by atoms with Gasteiger partial charge in [-0.15, -0.1) is 10.2 Å². The number of aryl methyl sites for hydroxylation is 1. The molecule has 4 rings (SSSR count). The number of hydrogen-bond donors (Lipinski definition) is 2. The number of para-hydroxylation sites is 1. The lowest BCUT2D eigenvalue weighted by molar-refractivity contribution is 0.214. The minimum atomic E-state index is -0.227. The Kier molecular flexibility index (Phi) is 4.66. The summed E-state index contributed by atoms with van der Waals surface area (Å²) in [6, 6.07) is 11.5. The van der Waals surface area contributed by atoms with Crippen molar-refractivity contribution in [2.24, 2.45) is 5.41 Å². The fourth-order valence-corrected chi connectivity index (χ4v) is 3.87. The van der Waals surface area contributed by atoms with Crippen LogP contribution in [0, 0.1) is 12.3 Å². The zero-order valence-corrected chi connectivity index (χ0v) is 16.4. The van der Waals surface area contributed by atoms with Crippen LogP contribution in [0.25, 0.3) is 5.69 Å². The number of carbonyl (C=O) groups excluding carboxylic acids is 1. The van der Waals surface area contributed by atoms with Crippen LogP contribution in [-0.4, -0.2) is 20.8 Å². The van der Waals surface area contributed by atoms with Gasteiger partial charge in [-0.1, -0.05) is 32.0 Å². The zero-order chi connectivity index (χ0) is 19.7. The molecule has 0 radical (unpaired) electrons. The second-order valence-corrected chi connectivity index (χ2v) is 8.11. The third-order valence-electron chi connectivity index (χ3n) is 5.10. The number of furan rings is 1. The summed E-state index contributed by atoms with van der Waals surface area (Å²) in [6.45, 7) is 6.62. The topological polar surface area (TPSA) is 85.0 Å². The van der Waals surface area contributed by atoms with E-state index in [-0.39, 0.29) is 24.0 Å². The first-order valence-corrected chi connectivity index (χ1v) is 9.49. The van der Waals surface area contributed by atoms with E-state index in [1.54, 1.807) is 6.33 Å². The van der Waals surface area contributed by atoms with E-state index in [0.717, 1.165) is 35.6 Å². The lowest BCUT2D eigenvalue weighted by atomic mass is 9.75. The van der Waals surface area contributed by atoms with E-state index in [9.17, 15) is 4.79 Å². The summed E-state index contributed by atoms with van der Waals surface area (Å²) < 4.78 is 7.71. The maximum Gasteiger partial charge on any atom is 0.315 e. The van der Waals surface area contributed by atoms with Crippen LogP contribution in [0.2, 0.25) is 0 Å². The first-order valence-electron chi connectivity index (χ1n) is 9.49. The lowest BCUT2D eigenvalue weighted by Gasteiger charge is -2.34. The zero-order valence-electron chi connectivity index (χ0n) is 16.4. The summed E-state index contributed by atoms with van der Waals surface area (Å²) in [4.78, 5) is 12.6. The van der Waals surface area contributed by atoms with E-state index in [4.69, 9.17) is 4.42 Å². The summed E-state index contributed by atoms with van der Waals surface area (Å²) in [5.74, 6) is 2.53. The molecule has 3 aromatic rings. The molecule has 2 N–H and O–H groups in total. The molecular formula is C21H25N5O2. The number of fused-ring (bicyclic) bond motifs is 1. The Labute approximate surface area is 164 Å². The van der Waals surface area contributed by atoms with Crippen molar-refractivity contribution in [1.29, 1.82) is 0 Å². The van der Waals surface area contributed by atoms with Gasteiger partial charge in [0.2, 0.25) is 0 Å². The molecule has 0 bridgehead atoms. The van der Waals surface area contributed by atoms with Gasteiger partial charge in [0, 0.05) is 17.7 Å². The minimum Gasteiger partial charge on any atom is -0.466 e. The molecule has 0 spiro atoms. The first kappa shape index (κ1) is 18.3. The fraction of sp³-hybridized carbons (Fsp3) is 0.381. The largest absolute Gasteiger partial charge is 0.466 e. The van der Waals surface area contributed by atoms with Crippen LogP contribution >= 0.6 is 0 Å². The van der Waals surface area contributed by atoms with Gasteiger partial charge in [0.25, 0.3) is 0 Å². The minimum absolute atomic E-state index is 0.0665. The maximum absolute atomic E-state index is 12.6. The van der Waals surface area contributed by atoms with Crippen LogP contribution in [0.3, 0.4) is 0 Å². The van der Waals surface area contributed by atoms with Crippen molar-refractivity contribution < 1.29 is 9.21 Å². The van der Waals surface area contributed by atoms with Gasteiger partial charge >= 0.3 is 6.03 Å². The van der Waals surface area contributed by atoms with Crippen LogP contribution in [-0.2, 0) is 13.0 Å². The standard InChI is InChI=1S/C21H25N5O2/c1-14-9-16-17(10-21(2,3)11-18(16)28-14)24-20(27)22-12-19-25-23-13-26(19)15-7-5-4-6-8-15/h4-9,13,17H,10-12H2,1-3H3,(H2,22,24,27). The average Bonchev–Trinajstić information content (AvgIpc) is 3.25. The van der Waals surface area contributed by atoms with Crippen LogP contribution in [0.4, 0.5) is 4.79 Å². The van der Waals surface area contributed by atoms with E-state index < -0.39 is 0 Å². The third-order valence-corrected chi connectivity index (χ3v) is 5.10. The van der Waals surface area contributed by atoms with Gasteiger partial charge in [0.1, 0.15) is 17.8 Å². The number of nitrogens with zero attached hydrogens (tertiary/aromatic N) is 3.